The fraction of sp³-hybridized carbons (Fsp3) is 0.125. The van der Waals surface area contributed by atoms with Crippen LogP contribution in [0.3, 0.4) is 0 Å². The van der Waals surface area contributed by atoms with Gasteiger partial charge in [-0.2, -0.15) is 0 Å². The predicted octanol–water partition coefficient (Wildman–Crippen LogP) is 2.37. The first-order chi connectivity index (χ1) is 5.18. The highest BCUT2D eigenvalue weighted by Crippen LogP contribution is 1.92. The van der Waals surface area contributed by atoms with Gasteiger partial charge in [0.2, 0.25) is 0 Å². The Hall–Kier alpha value is -1.02. The first-order valence-corrected chi connectivity index (χ1v) is 3.40. The summed E-state index contributed by atoms with van der Waals surface area (Å²) in [6.45, 7) is 4.98. The number of halogens is 1. The second-order valence-corrected chi connectivity index (χ2v) is 2.08. The van der Waals surface area contributed by atoms with Gasteiger partial charge in [-0.1, -0.05) is 18.2 Å². The van der Waals surface area contributed by atoms with Gasteiger partial charge >= 0.3 is 5.97 Å². The number of hydrogen-bond acceptors (Lipinski definition) is 2. The molecule has 0 saturated carbocycles. The number of allylic oxidation sites excluding steroid dienone is 2. The van der Waals surface area contributed by atoms with Crippen molar-refractivity contribution in [3.05, 3.63) is 36.1 Å². The van der Waals surface area contributed by atoms with Crippen LogP contribution in [0.1, 0.15) is 6.92 Å². The van der Waals surface area contributed by atoms with Gasteiger partial charge < -0.3 is 4.74 Å². The van der Waals surface area contributed by atoms with Crippen LogP contribution in [0.4, 0.5) is 0 Å². The Morgan fingerprint density at radius 3 is 2.64 bits per heavy atom. The zero-order valence-electron chi connectivity index (χ0n) is 6.21. The van der Waals surface area contributed by atoms with Gasteiger partial charge in [0.1, 0.15) is 0 Å². The average Bonchev–Trinajstić information content (AvgIpc) is 1.97. The summed E-state index contributed by atoms with van der Waals surface area (Å²) < 4.78 is 4.58. The van der Waals surface area contributed by atoms with E-state index in [0.29, 0.717) is 5.57 Å². The molecule has 0 saturated heterocycles. The fourth-order valence-corrected chi connectivity index (χ4v) is 0.373. The molecule has 2 nitrogen and oxygen atoms in total. The van der Waals surface area contributed by atoms with Crippen molar-refractivity contribution >= 4 is 17.6 Å². The number of hydrogen-bond donors (Lipinski definition) is 0. The highest BCUT2D eigenvalue weighted by Gasteiger charge is 1.97. The minimum atomic E-state index is -0.441. The molecule has 0 bridgehead atoms. The molecule has 0 N–H and O–H groups in total. The van der Waals surface area contributed by atoms with Crippen LogP contribution in [0.25, 0.3) is 0 Å². The molecule has 0 spiro atoms. The molecule has 0 aromatic heterocycles. The van der Waals surface area contributed by atoms with Crippen LogP contribution >= 0.6 is 11.6 Å². The Balaban J connectivity index is 3.71. The van der Waals surface area contributed by atoms with Crippen molar-refractivity contribution in [2.75, 3.05) is 0 Å². The largest absolute Gasteiger partial charge is 0.431 e. The first-order valence-electron chi connectivity index (χ1n) is 2.97. The van der Waals surface area contributed by atoms with Crippen molar-refractivity contribution in [3.63, 3.8) is 0 Å². The monoisotopic (exact) mass is 172 g/mol. The van der Waals surface area contributed by atoms with Gasteiger partial charge in [0.05, 0.1) is 6.26 Å². The van der Waals surface area contributed by atoms with Crippen LogP contribution in [0.5, 0.6) is 0 Å². The third-order valence-electron chi connectivity index (χ3n) is 0.786. The Bertz CT molecular complexity index is 204. The Labute approximate surface area is 70.8 Å². The normalized spacial score (nSPS) is 10.7. The van der Waals surface area contributed by atoms with Gasteiger partial charge in [0.15, 0.2) is 0 Å². The van der Waals surface area contributed by atoms with E-state index >= 15 is 0 Å². The van der Waals surface area contributed by atoms with E-state index in [0.717, 1.165) is 0 Å². The van der Waals surface area contributed by atoms with Crippen molar-refractivity contribution in [3.8, 4) is 0 Å². The lowest BCUT2D eigenvalue weighted by Crippen LogP contribution is -1.98. The molecule has 0 fully saturated rings. The maximum Gasteiger partial charge on any atom is 0.337 e. The molecule has 0 unspecified atom stereocenters. The van der Waals surface area contributed by atoms with E-state index in [9.17, 15) is 4.79 Å². The van der Waals surface area contributed by atoms with E-state index < -0.39 is 5.97 Å². The van der Waals surface area contributed by atoms with E-state index in [-0.39, 0.29) is 0 Å². The van der Waals surface area contributed by atoms with Crippen LogP contribution in [-0.2, 0) is 9.53 Å². The van der Waals surface area contributed by atoms with E-state index in [2.05, 4.69) is 11.3 Å². The van der Waals surface area contributed by atoms with Crippen LogP contribution < -0.4 is 0 Å². The quantitative estimate of drug-likeness (QED) is 0.283. The fourth-order valence-electron chi connectivity index (χ4n) is 0.289. The van der Waals surface area contributed by atoms with Crippen molar-refractivity contribution < 1.29 is 9.53 Å². The molecule has 0 radical (unpaired) electrons. The summed E-state index contributed by atoms with van der Waals surface area (Å²) in [6.07, 6.45) is 4.29. The standard InChI is InChI=1S/C8H9ClO2/c1-7(2)8(10)11-6-4-3-5-9/h3-6H,1H2,2H3. The van der Waals surface area contributed by atoms with Crippen LogP contribution in [0.15, 0.2) is 36.1 Å². The number of carbonyl (C=O) groups is 1. The van der Waals surface area contributed by atoms with Gasteiger partial charge in [-0.05, 0) is 19.1 Å². The topological polar surface area (TPSA) is 26.3 Å². The van der Waals surface area contributed by atoms with E-state index in [1.807, 2.05) is 0 Å². The highest BCUT2D eigenvalue weighted by atomic mass is 35.5. The van der Waals surface area contributed by atoms with Crippen molar-refractivity contribution in [1.29, 1.82) is 0 Å². The number of rotatable bonds is 3. The second kappa shape index (κ2) is 5.74. The lowest BCUT2D eigenvalue weighted by atomic mass is 10.4. The summed E-state index contributed by atoms with van der Waals surface area (Å²) in [5, 5.41) is 0. The van der Waals surface area contributed by atoms with E-state index in [4.69, 9.17) is 11.6 Å². The summed E-state index contributed by atoms with van der Waals surface area (Å²) >= 11 is 5.19. The van der Waals surface area contributed by atoms with Gasteiger partial charge in [-0.15, -0.1) is 0 Å². The summed E-state index contributed by atoms with van der Waals surface area (Å²) in [6, 6.07) is 0. The average molecular weight is 173 g/mol. The van der Waals surface area contributed by atoms with Crippen LogP contribution in [-0.4, -0.2) is 5.97 Å². The van der Waals surface area contributed by atoms with Crippen LogP contribution in [0, 0.1) is 0 Å². The molecule has 0 heterocycles. The first kappa shape index (κ1) is 9.98. The predicted molar refractivity (Wildman–Crippen MR) is 45.0 cm³/mol. The number of ether oxygens (including phenoxy) is 1. The van der Waals surface area contributed by atoms with Gasteiger partial charge in [-0.3, -0.25) is 0 Å². The minimum absolute atomic E-state index is 0.365. The van der Waals surface area contributed by atoms with Crippen LogP contribution in [0.2, 0.25) is 0 Å². The zero-order chi connectivity index (χ0) is 8.69. The lowest BCUT2D eigenvalue weighted by Gasteiger charge is -1.93. The second-order valence-electron chi connectivity index (χ2n) is 1.83. The number of esters is 1. The molecule has 0 rings (SSSR count). The molecule has 0 amide bonds. The highest BCUT2D eigenvalue weighted by molar-refractivity contribution is 6.25. The molecule has 0 aromatic carbocycles. The molecule has 0 aliphatic heterocycles. The smallest absolute Gasteiger partial charge is 0.337 e. The molecule has 0 aliphatic rings. The molecule has 60 valence electrons. The van der Waals surface area contributed by atoms with Gasteiger partial charge in [-0.25, -0.2) is 4.79 Å². The summed E-state index contributed by atoms with van der Waals surface area (Å²) in [4.78, 5) is 10.7. The van der Waals surface area contributed by atoms with Gasteiger partial charge in [0, 0.05) is 11.1 Å². The molecular formula is C8H9ClO2. The van der Waals surface area contributed by atoms with E-state index in [1.165, 1.54) is 23.9 Å². The third kappa shape index (κ3) is 5.43. The molecular weight excluding hydrogens is 164 g/mol. The van der Waals surface area contributed by atoms with Crippen molar-refractivity contribution in [2.24, 2.45) is 0 Å². The third-order valence-corrected chi connectivity index (χ3v) is 0.931. The molecule has 11 heavy (non-hydrogen) atoms. The Kier molecular flexibility index (Phi) is 5.21. The van der Waals surface area contributed by atoms with Crippen molar-refractivity contribution in [2.45, 2.75) is 6.92 Å². The molecule has 0 aliphatic carbocycles. The summed E-state index contributed by atoms with van der Waals surface area (Å²) in [7, 11) is 0. The summed E-state index contributed by atoms with van der Waals surface area (Å²) in [5.41, 5.74) is 1.68. The summed E-state index contributed by atoms with van der Waals surface area (Å²) in [5.74, 6) is -0.441. The SMILES string of the molecule is C=C(C)C(=O)OC=CC=CCl. The van der Waals surface area contributed by atoms with Gasteiger partial charge in [0.25, 0.3) is 0 Å². The Morgan fingerprint density at radius 2 is 2.18 bits per heavy atom. The number of carbonyl (C=O) groups excluding carboxylic acids is 1. The molecule has 0 atom stereocenters. The zero-order valence-corrected chi connectivity index (χ0v) is 6.97. The maximum atomic E-state index is 10.7. The molecule has 0 aromatic rings. The van der Waals surface area contributed by atoms with Crippen molar-refractivity contribution in [1.82, 2.24) is 0 Å². The minimum Gasteiger partial charge on any atom is -0.431 e. The lowest BCUT2D eigenvalue weighted by molar-refractivity contribution is -0.133. The maximum absolute atomic E-state index is 10.7. The molecule has 3 heteroatoms. The van der Waals surface area contributed by atoms with E-state index in [1.54, 1.807) is 6.92 Å². The Morgan fingerprint density at radius 1 is 1.55 bits per heavy atom.